The minimum absolute atomic E-state index is 0.0159. The van der Waals surface area contributed by atoms with Crippen LogP contribution in [0.5, 0.6) is 0 Å². The van der Waals surface area contributed by atoms with E-state index in [2.05, 4.69) is 119 Å². The van der Waals surface area contributed by atoms with Crippen molar-refractivity contribution in [3.05, 3.63) is 71.3 Å². The second kappa shape index (κ2) is 9.08. The molecule has 1 aliphatic heterocycles. The highest BCUT2D eigenvalue weighted by molar-refractivity contribution is 7.60. The first-order chi connectivity index (χ1) is 14.3. The van der Waals surface area contributed by atoms with Crippen molar-refractivity contribution in [3.8, 4) is 0 Å². The molecule has 4 nitrogen and oxygen atoms in total. The van der Waals surface area contributed by atoms with Crippen molar-refractivity contribution < 1.29 is 8.95 Å². The van der Waals surface area contributed by atoms with Crippen molar-refractivity contribution in [1.82, 2.24) is 4.67 Å². The SMILES string of the molecule is Cc1ccc([C@H](O[Si](C)(C)C)P2(=N[Si](C)(C)C)O[C@H](c3ccccc3)[C@H](C)N2C)cc1. The van der Waals surface area contributed by atoms with Gasteiger partial charge in [0.2, 0.25) is 0 Å². The molecule has 1 saturated heterocycles. The fourth-order valence-electron chi connectivity index (χ4n) is 3.96. The van der Waals surface area contributed by atoms with E-state index in [-0.39, 0.29) is 18.0 Å². The van der Waals surface area contributed by atoms with Gasteiger partial charge < -0.3 is 13.4 Å². The summed E-state index contributed by atoms with van der Waals surface area (Å²) in [6.07, 6.45) is -0.0159. The van der Waals surface area contributed by atoms with Gasteiger partial charge in [-0.25, -0.2) is 4.67 Å². The van der Waals surface area contributed by atoms with E-state index >= 15 is 0 Å². The highest BCUT2D eigenvalue weighted by Gasteiger charge is 2.51. The topological polar surface area (TPSA) is 34.1 Å². The van der Waals surface area contributed by atoms with Crippen molar-refractivity contribution in [2.45, 2.75) is 71.1 Å². The van der Waals surface area contributed by atoms with Crippen molar-refractivity contribution in [2.75, 3.05) is 7.05 Å². The van der Waals surface area contributed by atoms with Gasteiger partial charge in [-0.2, -0.15) is 0 Å². The molecule has 7 heteroatoms. The largest absolute Gasteiger partial charge is 0.402 e. The molecular weight excluding hydrogens is 435 g/mol. The predicted molar refractivity (Wildman–Crippen MR) is 139 cm³/mol. The molecule has 0 saturated carbocycles. The van der Waals surface area contributed by atoms with Gasteiger partial charge in [0.25, 0.3) is 0 Å². The van der Waals surface area contributed by atoms with E-state index in [9.17, 15) is 0 Å². The number of aryl methyl sites for hydroxylation is 1. The van der Waals surface area contributed by atoms with Crippen LogP contribution in [-0.2, 0) is 8.95 Å². The molecule has 1 aliphatic rings. The molecule has 2 aromatic rings. The van der Waals surface area contributed by atoms with Gasteiger partial charge in [-0.15, -0.1) is 0 Å². The van der Waals surface area contributed by atoms with Crippen LogP contribution in [0.3, 0.4) is 0 Å². The van der Waals surface area contributed by atoms with Gasteiger partial charge in [0, 0.05) is 6.04 Å². The minimum Gasteiger partial charge on any atom is -0.402 e. The zero-order chi connectivity index (χ0) is 23.0. The molecule has 0 N–H and O–H groups in total. The zero-order valence-corrected chi connectivity index (χ0v) is 23.5. The predicted octanol–water partition coefficient (Wildman–Crippen LogP) is 7.80. The lowest BCUT2D eigenvalue weighted by atomic mass is 10.0. The number of benzene rings is 2. The van der Waals surface area contributed by atoms with Crippen molar-refractivity contribution >= 4 is 24.0 Å². The molecule has 2 aromatic carbocycles. The van der Waals surface area contributed by atoms with Crippen molar-refractivity contribution in [1.29, 1.82) is 0 Å². The van der Waals surface area contributed by atoms with Crippen LogP contribution in [-0.4, -0.2) is 34.3 Å². The summed E-state index contributed by atoms with van der Waals surface area (Å²) in [6.45, 7) is 18.1. The van der Waals surface area contributed by atoms with E-state index in [0.717, 1.165) is 0 Å². The van der Waals surface area contributed by atoms with Gasteiger partial charge in [-0.1, -0.05) is 60.2 Å². The quantitative estimate of drug-likeness (QED) is 0.316. The summed E-state index contributed by atoms with van der Waals surface area (Å²) < 4.78 is 22.1. The molecule has 0 aliphatic carbocycles. The Bertz CT molecular complexity index is 937. The smallest absolute Gasteiger partial charge is 0.185 e. The first-order valence-corrected chi connectivity index (χ1v) is 19.7. The zero-order valence-electron chi connectivity index (χ0n) is 20.6. The molecule has 0 amide bonds. The Morgan fingerprint density at radius 2 is 1.55 bits per heavy atom. The average molecular weight is 475 g/mol. The summed E-state index contributed by atoms with van der Waals surface area (Å²) in [5.41, 5.74) is 3.64. The van der Waals surface area contributed by atoms with Crippen LogP contribution >= 0.6 is 7.43 Å². The molecule has 0 bridgehead atoms. The third kappa shape index (κ3) is 5.67. The van der Waals surface area contributed by atoms with E-state index in [1.54, 1.807) is 0 Å². The number of hydrogen-bond donors (Lipinski definition) is 0. The highest BCUT2D eigenvalue weighted by Crippen LogP contribution is 2.73. The molecular formula is C24H39N2O2PSi2. The number of likely N-dealkylation sites (N-methyl/N-ethyl adjacent to an activating group) is 1. The average Bonchev–Trinajstić information content (AvgIpc) is 2.91. The third-order valence-electron chi connectivity index (χ3n) is 5.45. The first kappa shape index (κ1) is 24.6. The van der Waals surface area contributed by atoms with Crippen molar-refractivity contribution in [3.63, 3.8) is 0 Å². The van der Waals surface area contributed by atoms with Crippen LogP contribution in [0.15, 0.2) is 59.0 Å². The molecule has 1 fully saturated rings. The maximum Gasteiger partial charge on any atom is 0.185 e. The van der Waals surface area contributed by atoms with E-state index in [1.165, 1.54) is 16.7 Å². The Kier molecular flexibility index (Phi) is 7.22. The molecule has 0 aromatic heterocycles. The van der Waals surface area contributed by atoms with Gasteiger partial charge in [0.1, 0.15) is 11.9 Å². The van der Waals surface area contributed by atoms with E-state index in [0.29, 0.717) is 0 Å². The summed E-state index contributed by atoms with van der Waals surface area (Å²) >= 11 is 0. The lowest BCUT2D eigenvalue weighted by molar-refractivity contribution is 0.201. The Morgan fingerprint density at radius 3 is 2.06 bits per heavy atom. The van der Waals surface area contributed by atoms with Gasteiger partial charge in [-0.3, -0.25) is 0 Å². The summed E-state index contributed by atoms with van der Waals surface area (Å²) in [5, 5.41) is 0. The van der Waals surface area contributed by atoms with Crippen LogP contribution in [0, 0.1) is 6.92 Å². The Hall–Kier alpha value is -1.02. The second-order valence-electron chi connectivity index (χ2n) is 10.6. The molecule has 4 atom stereocenters. The number of rotatable bonds is 6. The lowest BCUT2D eigenvalue weighted by Gasteiger charge is -2.39. The highest BCUT2D eigenvalue weighted by atomic mass is 31.2. The standard InChI is InChI=1S/C24H39N2O2PSi2/c1-19-15-17-22(18-16-19)24(28-31(7,8)9)29(25-30(4,5)6)26(3)20(2)23(27-29)21-13-11-10-12-14-21/h10-18,20,23-24H,1-9H3/t20-,23-,24+,29?/m0/s1. The summed E-state index contributed by atoms with van der Waals surface area (Å²) in [6, 6.07) is 19.6. The molecule has 170 valence electrons. The summed E-state index contributed by atoms with van der Waals surface area (Å²) in [5.74, 6) is -0.173. The normalized spacial score (nSPS) is 26.1. The van der Waals surface area contributed by atoms with E-state index in [4.69, 9.17) is 13.4 Å². The third-order valence-corrected chi connectivity index (χ3v) is 13.0. The maximum absolute atomic E-state index is 7.13. The van der Waals surface area contributed by atoms with Crippen LogP contribution in [0.2, 0.25) is 39.3 Å². The summed E-state index contributed by atoms with van der Waals surface area (Å²) in [7, 11) is -3.97. The number of hydrogen-bond acceptors (Lipinski definition) is 3. The molecule has 1 heterocycles. The minimum atomic E-state index is -2.45. The molecule has 3 rings (SSSR count). The Balaban J connectivity index is 2.22. The van der Waals surface area contributed by atoms with Crippen LogP contribution in [0.25, 0.3) is 0 Å². The van der Waals surface area contributed by atoms with Crippen molar-refractivity contribution in [2.24, 2.45) is 4.41 Å². The maximum atomic E-state index is 7.13. The number of nitrogens with zero attached hydrogens (tertiary/aromatic N) is 2. The summed E-state index contributed by atoms with van der Waals surface area (Å²) in [4.78, 5) is 0. The molecule has 0 spiro atoms. The van der Waals surface area contributed by atoms with E-state index in [1.807, 2.05) is 0 Å². The second-order valence-corrected chi connectivity index (χ2v) is 22.7. The van der Waals surface area contributed by atoms with Crippen LogP contribution in [0.1, 0.15) is 35.6 Å². The van der Waals surface area contributed by atoms with Crippen LogP contribution in [0.4, 0.5) is 0 Å². The Morgan fingerprint density at radius 1 is 0.968 bits per heavy atom. The van der Waals surface area contributed by atoms with Crippen LogP contribution < -0.4 is 0 Å². The van der Waals surface area contributed by atoms with Gasteiger partial charge in [0.15, 0.2) is 24.0 Å². The Labute approximate surface area is 191 Å². The van der Waals surface area contributed by atoms with Gasteiger partial charge in [-0.05, 0) is 71.3 Å². The molecule has 31 heavy (non-hydrogen) atoms. The van der Waals surface area contributed by atoms with E-state index < -0.39 is 24.0 Å². The fourth-order valence-corrected chi connectivity index (χ4v) is 13.3. The molecule has 0 radical (unpaired) electrons. The van der Waals surface area contributed by atoms with Gasteiger partial charge >= 0.3 is 0 Å². The monoisotopic (exact) mass is 474 g/mol. The lowest BCUT2D eigenvalue weighted by Crippen LogP contribution is -2.32. The molecule has 1 unspecified atom stereocenters. The fraction of sp³-hybridized carbons (Fsp3) is 0.500. The first-order valence-electron chi connectivity index (χ1n) is 11.2. The van der Waals surface area contributed by atoms with Gasteiger partial charge in [0.05, 0.1) is 0 Å².